The average Bonchev–Trinajstić information content (AvgIpc) is 3.63. The maximum absolute atomic E-state index is 5.74. The van der Waals surface area contributed by atoms with Crippen LogP contribution >= 0.6 is 0 Å². The monoisotopic (exact) mass is 429 g/mol. The fourth-order valence-corrected chi connectivity index (χ4v) is 4.29. The lowest BCUT2D eigenvalue weighted by Crippen LogP contribution is -2.04. The summed E-state index contributed by atoms with van der Waals surface area (Å²) in [6, 6.07) is 18.7. The molecule has 0 radical (unpaired) electrons. The van der Waals surface area contributed by atoms with E-state index in [2.05, 4.69) is 56.7 Å². The highest BCUT2D eigenvalue weighted by molar-refractivity contribution is 6.03. The molecule has 5 nitrogen and oxygen atoms in total. The number of benzene rings is 2. The number of fused-ring (bicyclic) bond motifs is 3. The fraction of sp³-hybridized carbons (Fsp3) is 0.179. The first-order valence-corrected chi connectivity index (χ1v) is 11.3. The number of nitrogens with two attached hydrogens (primary N) is 1. The van der Waals surface area contributed by atoms with Crippen LogP contribution in [0, 0.1) is 11.8 Å². The minimum Gasteiger partial charge on any atom is -0.330 e. The van der Waals surface area contributed by atoms with Crippen LogP contribution in [0.1, 0.15) is 41.3 Å². The van der Waals surface area contributed by atoms with E-state index in [9.17, 15) is 0 Å². The quantitative estimate of drug-likeness (QED) is 0.419. The minimum absolute atomic E-state index is 0.504. The third-order valence-corrected chi connectivity index (χ3v) is 6.09. The summed E-state index contributed by atoms with van der Waals surface area (Å²) in [5.74, 6) is 8.11. The van der Waals surface area contributed by atoms with E-state index in [0.29, 0.717) is 12.5 Å². The van der Waals surface area contributed by atoms with Crippen molar-refractivity contribution in [2.75, 3.05) is 6.54 Å². The van der Waals surface area contributed by atoms with Crippen molar-refractivity contribution in [3.05, 3.63) is 95.7 Å². The molecule has 2 aromatic carbocycles. The van der Waals surface area contributed by atoms with Crippen molar-refractivity contribution in [3.63, 3.8) is 0 Å². The molecule has 160 valence electrons. The highest BCUT2D eigenvalue weighted by Gasteiger charge is 2.30. The van der Waals surface area contributed by atoms with Gasteiger partial charge in [0, 0.05) is 40.5 Å². The van der Waals surface area contributed by atoms with E-state index < -0.39 is 0 Å². The van der Waals surface area contributed by atoms with Crippen LogP contribution in [0.4, 0.5) is 0 Å². The molecule has 33 heavy (non-hydrogen) atoms. The number of hydrogen-bond donors (Lipinski definition) is 1. The number of rotatable bonds is 4. The van der Waals surface area contributed by atoms with Crippen molar-refractivity contribution in [1.82, 2.24) is 19.5 Å². The molecule has 5 aromatic rings. The van der Waals surface area contributed by atoms with Gasteiger partial charge in [0.15, 0.2) is 0 Å². The molecule has 1 fully saturated rings. The summed E-state index contributed by atoms with van der Waals surface area (Å²) in [6.45, 7) is 0.653. The molecule has 0 amide bonds. The van der Waals surface area contributed by atoms with Gasteiger partial charge in [-0.2, -0.15) is 0 Å². The van der Waals surface area contributed by atoms with Crippen molar-refractivity contribution in [2.24, 2.45) is 5.73 Å². The van der Waals surface area contributed by atoms with Gasteiger partial charge in [0.05, 0.1) is 17.2 Å². The van der Waals surface area contributed by atoms with Crippen LogP contribution in [0.3, 0.4) is 0 Å². The molecule has 2 N–H and O–H groups in total. The van der Waals surface area contributed by atoms with Gasteiger partial charge in [-0.3, -0.25) is 14.5 Å². The Balaban J connectivity index is 1.54. The van der Waals surface area contributed by atoms with Gasteiger partial charge in [-0.05, 0) is 73.8 Å². The summed E-state index contributed by atoms with van der Waals surface area (Å²) in [6.07, 6.45) is 8.67. The molecule has 1 saturated carbocycles. The standard InChI is InChI=1S/C28H23N5/c29-14-13-19-5-10-23(11-6-19)33-27-24-16-20(3-4-21-2-1-15-30-17-21)7-12-25(24)31-18-26(27)32-28(33)22-8-9-22/h1-2,5-7,10-12,15-18,22H,8-9,13-14,29H2. The number of imidazole rings is 1. The summed E-state index contributed by atoms with van der Waals surface area (Å²) >= 11 is 0. The van der Waals surface area contributed by atoms with E-state index >= 15 is 0 Å². The number of hydrogen-bond acceptors (Lipinski definition) is 4. The molecule has 6 rings (SSSR count). The lowest BCUT2D eigenvalue weighted by atomic mass is 10.1. The summed E-state index contributed by atoms with van der Waals surface area (Å²) in [7, 11) is 0. The third-order valence-electron chi connectivity index (χ3n) is 6.09. The second-order valence-electron chi connectivity index (χ2n) is 8.50. The third kappa shape index (κ3) is 3.75. The van der Waals surface area contributed by atoms with Crippen molar-refractivity contribution >= 4 is 21.9 Å². The Kier molecular flexibility index (Phi) is 4.86. The number of aromatic nitrogens is 4. The SMILES string of the molecule is NCCc1ccc(-n2c(C3CC3)nc3cnc4ccc(C#Cc5cccnc5)cc4c32)cc1. The van der Waals surface area contributed by atoms with Crippen molar-refractivity contribution in [3.8, 4) is 17.5 Å². The summed E-state index contributed by atoms with van der Waals surface area (Å²) in [5, 5.41) is 1.07. The molecule has 0 saturated heterocycles. The van der Waals surface area contributed by atoms with Gasteiger partial charge in [-0.25, -0.2) is 4.98 Å². The van der Waals surface area contributed by atoms with E-state index in [-0.39, 0.29) is 0 Å². The maximum atomic E-state index is 5.74. The highest BCUT2D eigenvalue weighted by atomic mass is 15.1. The maximum Gasteiger partial charge on any atom is 0.117 e. The first-order chi connectivity index (χ1) is 16.3. The van der Waals surface area contributed by atoms with Crippen LogP contribution in [0.2, 0.25) is 0 Å². The Hall–Kier alpha value is -4.01. The van der Waals surface area contributed by atoms with E-state index in [1.807, 2.05) is 30.5 Å². The summed E-state index contributed by atoms with van der Waals surface area (Å²) in [5.41, 5.74) is 12.9. The molecule has 1 aliphatic rings. The predicted molar refractivity (Wildman–Crippen MR) is 131 cm³/mol. The molecule has 0 aliphatic heterocycles. The fourth-order valence-electron chi connectivity index (χ4n) is 4.29. The van der Waals surface area contributed by atoms with Gasteiger partial charge in [-0.15, -0.1) is 0 Å². The second-order valence-corrected chi connectivity index (χ2v) is 8.50. The zero-order chi connectivity index (χ0) is 22.2. The van der Waals surface area contributed by atoms with E-state index in [1.165, 1.54) is 18.4 Å². The molecular weight excluding hydrogens is 406 g/mol. The molecule has 3 heterocycles. The van der Waals surface area contributed by atoms with E-state index in [1.54, 1.807) is 12.4 Å². The van der Waals surface area contributed by atoms with Gasteiger partial charge < -0.3 is 5.73 Å². The Bertz CT molecular complexity index is 1520. The number of pyridine rings is 2. The van der Waals surface area contributed by atoms with Gasteiger partial charge in [0.2, 0.25) is 0 Å². The lowest BCUT2D eigenvalue weighted by molar-refractivity contribution is 0.895. The Morgan fingerprint density at radius 3 is 2.55 bits per heavy atom. The normalized spacial score (nSPS) is 13.2. The van der Waals surface area contributed by atoms with Crippen LogP contribution in [0.5, 0.6) is 0 Å². The van der Waals surface area contributed by atoms with Gasteiger partial charge >= 0.3 is 0 Å². The molecule has 1 aliphatic carbocycles. The molecular formula is C28H23N5. The molecule has 0 unspecified atom stereocenters. The first kappa shape index (κ1) is 19.7. The highest BCUT2D eigenvalue weighted by Crippen LogP contribution is 2.42. The van der Waals surface area contributed by atoms with Crippen LogP contribution in [0.15, 0.2) is 73.2 Å². The van der Waals surface area contributed by atoms with Gasteiger partial charge in [0.1, 0.15) is 11.3 Å². The predicted octanol–water partition coefficient (Wildman–Crippen LogP) is 4.75. The number of nitrogens with zero attached hydrogens (tertiary/aromatic N) is 4. The average molecular weight is 430 g/mol. The topological polar surface area (TPSA) is 69.6 Å². The summed E-state index contributed by atoms with van der Waals surface area (Å²) in [4.78, 5) is 13.9. The van der Waals surface area contributed by atoms with Gasteiger partial charge in [-0.1, -0.05) is 24.0 Å². The van der Waals surface area contributed by atoms with Crippen LogP contribution < -0.4 is 5.73 Å². The zero-order valence-corrected chi connectivity index (χ0v) is 18.2. The Labute approximate surface area is 192 Å². The first-order valence-electron chi connectivity index (χ1n) is 11.3. The van der Waals surface area contributed by atoms with Crippen LogP contribution in [-0.2, 0) is 6.42 Å². The molecule has 0 atom stereocenters. The minimum atomic E-state index is 0.504. The van der Waals surface area contributed by atoms with E-state index in [0.717, 1.165) is 51.0 Å². The largest absolute Gasteiger partial charge is 0.330 e. The molecule has 5 heteroatoms. The Morgan fingerprint density at radius 1 is 0.939 bits per heavy atom. The lowest BCUT2D eigenvalue weighted by Gasteiger charge is -2.11. The van der Waals surface area contributed by atoms with Crippen LogP contribution in [0.25, 0.3) is 27.6 Å². The smallest absolute Gasteiger partial charge is 0.117 e. The molecule has 0 spiro atoms. The summed E-state index contributed by atoms with van der Waals surface area (Å²) < 4.78 is 2.32. The van der Waals surface area contributed by atoms with Crippen molar-refractivity contribution in [2.45, 2.75) is 25.2 Å². The molecule has 0 bridgehead atoms. The van der Waals surface area contributed by atoms with Crippen molar-refractivity contribution < 1.29 is 0 Å². The van der Waals surface area contributed by atoms with Crippen LogP contribution in [-0.4, -0.2) is 26.1 Å². The van der Waals surface area contributed by atoms with E-state index in [4.69, 9.17) is 10.7 Å². The zero-order valence-electron chi connectivity index (χ0n) is 18.2. The van der Waals surface area contributed by atoms with Crippen molar-refractivity contribution in [1.29, 1.82) is 0 Å². The second kappa shape index (κ2) is 8.16. The van der Waals surface area contributed by atoms with Gasteiger partial charge in [0.25, 0.3) is 0 Å². The Morgan fingerprint density at radius 2 is 1.79 bits per heavy atom. The molecule has 3 aromatic heterocycles.